The molecule has 0 radical (unpaired) electrons. The van der Waals surface area contributed by atoms with E-state index < -0.39 is 0 Å². The van der Waals surface area contributed by atoms with E-state index in [1.54, 1.807) is 17.0 Å². The molecule has 34 heavy (non-hydrogen) atoms. The molecule has 3 amide bonds. The number of fused-ring (bicyclic) bond motifs is 1. The molecule has 4 N–H and O–H groups in total. The Labute approximate surface area is 201 Å². The van der Waals surface area contributed by atoms with Crippen molar-refractivity contribution in [2.24, 2.45) is 0 Å². The zero-order valence-electron chi connectivity index (χ0n) is 18.6. The maximum atomic E-state index is 13.0. The highest BCUT2D eigenvalue weighted by Crippen LogP contribution is 2.27. The predicted octanol–water partition coefficient (Wildman–Crippen LogP) is 3.40. The summed E-state index contributed by atoms with van der Waals surface area (Å²) >= 11 is 1.31. The van der Waals surface area contributed by atoms with Gasteiger partial charge in [0.05, 0.1) is 36.8 Å². The second-order valence-corrected chi connectivity index (χ2v) is 9.27. The summed E-state index contributed by atoms with van der Waals surface area (Å²) in [5.41, 5.74) is 9.67. The lowest BCUT2D eigenvalue weighted by Crippen LogP contribution is -2.38. The number of hydrogen-bond acceptors (Lipinski definition) is 7. The summed E-state index contributed by atoms with van der Waals surface area (Å²) in [6, 6.07) is 14.8. The summed E-state index contributed by atoms with van der Waals surface area (Å²) in [6.45, 7) is 4.05. The molecule has 1 fully saturated rings. The molecule has 0 aliphatic carbocycles. The van der Waals surface area contributed by atoms with Crippen molar-refractivity contribution in [3.8, 4) is 0 Å². The minimum atomic E-state index is -0.298. The number of morpholine rings is 1. The quantitative estimate of drug-likeness (QED) is 0.496. The van der Waals surface area contributed by atoms with Crippen LogP contribution in [-0.2, 0) is 17.7 Å². The number of carbonyl (C=O) groups is 2. The fraction of sp³-hybridized carbons (Fsp3) is 0.292. The van der Waals surface area contributed by atoms with Gasteiger partial charge in [0.15, 0.2) is 5.01 Å². The van der Waals surface area contributed by atoms with Gasteiger partial charge in [0.2, 0.25) is 0 Å². The number of aromatic nitrogens is 1. The van der Waals surface area contributed by atoms with Crippen LogP contribution >= 0.6 is 11.3 Å². The Kier molecular flexibility index (Phi) is 6.33. The monoisotopic (exact) mass is 478 g/mol. The second-order valence-electron chi connectivity index (χ2n) is 8.18. The first-order chi connectivity index (χ1) is 16.6. The Bertz CT molecular complexity index is 1210. The van der Waals surface area contributed by atoms with Crippen molar-refractivity contribution in [2.45, 2.75) is 13.0 Å². The number of nitrogens with zero attached hydrogens (tertiary/aromatic N) is 3. The van der Waals surface area contributed by atoms with Crippen molar-refractivity contribution in [2.75, 3.05) is 54.1 Å². The molecule has 1 aromatic heterocycles. The third-order valence-electron chi connectivity index (χ3n) is 5.90. The van der Waals surface area contributed by atoms with Crippen LogP contribution in [0.3, 0.4) is 0 Å². The Morgan fingerprint density at radius 2 is 1.85 bits per heavy atom. The van der Waals surface area contributed by atoms with Gasteiger partial charge in [0.25, 0.3) is 5.91 Å². The molecule has 2 aliphatic heterocycles. The number of amides is 3. The van der Waals surface area contributed by atoms with E-state index in [9.17, 15) is 9.59 Å². The van der Waals surface area contributed by atoms with E-state index in [1.807, 2.05) is 36.4 Å². The Morgan fingerprint density at radius 1 is 1.03 bits per heavy atom. The standard InChI is InChI=1S/C24H26N6O3S/c25-18-6-1-2-7-19(18)27-22(31)23-28-20-8-9-30(15-21(20)34-23)24(32)26-16-4-3-5-17(14-16)29-10-12-33-13-11-29/h1-7,14H,8-13,15,25H2,(H,26,32)(H,27,31). The van der Waals surface area contributed by atoms with Crippen LogP contribution in [0.15, 0.2) is 48.5 Å². The number of nitrogen functional groups attached to an aromatic ring is 1. The Balaban J connectivity index is 1.23. The molecule has 0 spiro atoms. The molecule has 9 nitrogen and oxygen atoms in total. The maximum Gasteiger partial charge on any atom is 0.322 e. The number of urea groups is 1. The lowest BCUT2D eigenvalue weighted by Gasteiger charge is -2.29. The van der Waals surface area contributed by atoms with Crippen molar-refractivity contribution in [3.63, 3.8) is 0 Å². The highest BCUT2D eigenvalue weighted by atomic mass is 32.1. The number of anilines is 4. The van der Waals surface area contributed by atoms with Crippen molar-refractivity contribution >= 4 is 46.0 Å². The minimum absolute atomic E-state index is 0.166. The smallest absolute Gasteiger partial charge is 0.322 e. The summed E-state index contributed by atoms with van der Waals surface area (Å²) < 4.78 is 5.42. The number of thiazole rings is 1. The van der Waals surface area contributed by atoms with Crippen molar-refractivity contribution in [1.82, 2.24) is 9.88 Å². The topological polar surface area (TPSA) is 113 Å². The summed E-state index contributed by atoms with van der Waals surface area (Å²) in [6.07, 6.45) is 0.605. The predicted molar refractivity (Wildman–Crippen MR) is 134 cm³/mol. The fourth-order valence-electron chi connectivity index (χ4n) is 4.06. The maximum absolute atomic E-state index is 13.0. The van der Waals surface area contributed by atoms with Crippen LogP contribution in [-0.4, -0.2) is 54.7 Å². The van der Waals surface area contributed by atoms with Gasteiger partial charge in [0.1, 0.15) is 0 Å². The first-order valence-corrected chi connectivity index (χ1v) is 12.0. The number of para-hydroxylation sites is 2. The molecular weight excluding hydrogens is 452 g/mol. The molecule has 0 unspecified atom stereocenters. The first-order valence-electron chi connectivity index (χ1n) is 11.2. The highest BCUT2D eigenvalue weighted by molar-refractivity contribution is 7.13. The molecule has 1 saturated heterocycles. The Morgan fingerprint density at radius 3 is 2.68 bits per heavy atom. The lowest BCUT2D eigenvalue weighted by molar-refractivity contribution is 0.102. The van der Waals surface area contributed by atoms with E-state index >= 15 is 0 Å². The molecule has 176 valence electrons. The second kappa shape index (κ2) is 9.70. The van der Waals surface area contributed by atoms with Crippen LogP contribution in [0, 0.1) is 0 Å². The molecule has 5 rings (SSSR count). The third kappa shape index (κ3) is 4.82. The van der Waals surface area contributed by atoms with Gasteiger partial charge in [-0.05, 0) is 30.3 Å². The number of nitrogens with two attached hydrogens (primary N) is 1. The summed E-state index contributed by atoms with van der Waals surface area (Å²) in [5.74, 6) is -0.298. The largest absolute Gasteiger partial charge is 0.397 e. The van der Waals surface area contributed by atoms with Gasteiger partial charge in [-0.25, -0.2) is 9.78 Å². The van der Waals surface area contributed by atoms with E-state index in [4.69, 9.17) is 10.5 Å². The summed E-state index contributed by atoms with van der Waals surface area (Å²) in [4.78, 5) is 35.1. The third-order valence-corrected chi connectivity index (χ3v) is 6.98. The van der Waals surface area contributed by atoms with Crippen LogP contribution in [0.2, 0.25) is 0 Å². The van der Waals surface area contributed by atoms with Crippen LogP contribution in [0.1, 0.15) is 20.4 Å². The van der Waals surface area contributed by atoms with Gasteiger partial charge < -0.3 is 30.9 Å². The van der Waals surface area contributed by atoms with Crippen molar-refractivity contribution in [1.29, 1.82) is 0 Å². The minimum Gasteiger partial charge on any atom is -0.397 e. The number of nitrogens with one attached hydrogen (secondary N) is 2. The molecule has 3 heterocycles. The zero-order valence-corrected chi connectivity index (χ0v) is 19.4. The fourth-order valence-corrected chi connectivity index (χ4v) is 5.08. The summed E-state index contributed by atoms with van der Waals surface area (Å²) in [5, 5.41) is 6.19. The van der Waals surface area contributed by atoms with E-state index in [0.29, 0.717) is 49.1 Å². The molecule has 2 aromatic carbocycles. The van der Waals surface area contributed by atoms with E-state index in [-0.39, 0.29) is 11.9 Å². The van der Waals surface area contributed by atoms with Crippen LogP contribution in [0.5, 0.6) is 0 Å². The van der Waals surface area contributed by atoms with E-state index in [0.717, 1.165) is 35.0 Å². The van der Waals surface area contributed by atoms with Crippen LogP contribution in [0.4, 0.5) is 27.5 Å². The number of hydrogen-bond donors (Lipinski definition) is 3. The molecular formula is C24H26N6O3S. The molecule has 3 aromatic rings. The van der Waals surface area contributed by atoms with Crippen molar-refractivity contribution < 1.29 is 14.3 Å². The Hall–Kier alpha value is -3.63. The summed E-state index contributed by atoms with van der Waals surface area (Å²) in [7, 11) is 0. The molecule has 0 atom stereocenters. The molecule has 0 bridgehead atoms. The average molecular weight is 479 g/mol. The molecule has 2 aliphatic rings. The number of carbonyl (C=O) groups excluding carboxylic acids is 2. The van der Waals surface area contributed by atoms with Gasteiger partial charge >= 0.3 is 6.03 Å². The van der Waals surface area contributed by atoms with Gasteiger partial charge in [-0.15, -0.1) is 11.3 Å². The number of rotatable bonds is 4. The van der Waals surface area contributed by atoms with E-state index in [2.05, 4.69) is 20.5 Å². The normalized spacial score (nSPS) is 15.5. The zero-order chi connectivity index (χ0) is 23.5. The van der Waals surface area contributed by atoms with Crippen LogP contribution < -0.4 is 21.3 Å². The number of benzene rings is 2. The van der Waals surface area contributed by atoms with Crippen molar-refractivity contribution in [3.05, 3.63) is 64.1 Å². The van der Waals surface area contributed by atoms with Gasteiger partial charge in [-0.2, -0.15) is 0 Å². The first kappa shape index (κ1) is 22.2. The van der Waals surface area contributed by atoms with Gasteiger partial charge in [0, 0.05) is 42.3 Å². The van der Waals surface area contributed by atoms with E-state index in [1.165, 1.54) is 11.3 Å². The number of ether oxygens (including phenoxy) is 1. The van der Waals surface area contributed by atoms with Gasteiger partial charge in [-0.1, -0.05) is 18.2 Å². The molecule has 0 saturated carbocycles. The SMILES string of the molecule is Nc1ccccc1NC(=O)c1nc2c(s1)CN(C(=O)Nc1cccc(N3CCOCC3)c1)CC2. The molecule has 10 heteroatoms. The van der Waals surface area contributed by atoms with Gasteiger partial charge in [-0.3, -0.25) is 4.79 Å². The van der Waals surface area contributed by atoms with Crippen LogP contribution in [0.25, 0.3) is 0 Å². The average Bonchev–Trinajstić information content (AvgIpc) is 3.30. The highest BCUT2D eigenvalue weighted by Gasteiger charge is 2.26. The lowest BCUT2D eigenvalue weighted by atomic mass is 10.2.